The summed E-state index contributed by atoms with van der Waals surface area (Å²) in [6, 6.07) is 5.03. The van der Waals surface area contributed by atoms with Gasteiger partial charge in [0.25, 0.3) is 5.56 Å². The molecule has 9 heteroatoms. The van der Waals surface area contributed by atoms with Crippen molar-refractivity contribution in [2.24, 2.45) is 0 Å². The Morgan fingerprint density at radius 2 is 1.96 bits per heavy atom. The number of hydrogen-bond acceptors (Lipinski definition) is 4. The van der Waals surface area contributed by atoms with Crippen molar-refractivity contribution < 1.29 is 4.74 Å². The van der Waals surface area contributed by atoms with Crippen LogP contribution in [0, 0.1) is 6.92 Å². The molecule has 2 aromatic heterocycles. The molecule has 4 rings (SSSR count). The molecule has 1 aromatic carbocycles. The number of aromatic nitrogens is 4. The van der Waals surface area contributed by atoms with Crippen molar-refractivity contribution in [3.8, 4) is 11.8 Å². The van der Waals surface area contributed by atoms with Crippen LogP contribution in [0.25, 0.3) is 0 Å². The summed E-state index contributed by atoms with van der Waals surface area (Å²) in [5, 5.41) is 7.80. The van der Waals surface area contributed by atoms with Crippen molar-refractivity contribution in [1.29, 1.82) is 0 Å². The first-order valence-electron chi connectivity index (χ1n) is 7.00. The van der Waals surface area contributed by atoms with Crippen molar-refractivity contribution >= 4 is 23.2 Å². The van der Waals surface area contributed by atoms with Crippen LogP contribution in [0.5, 0.6) is 11.8 Å². The van der Waals surface area contributed by atoms with Crippen LogP contribution in [0.1, 0.15) is 28.3 Å². The van der Waals surface area contributed by atoms with Crippen molar-refractivity contribution in [3.63, 3.8) is 0 Å². The predicted molar refractivity (Wildman–Crippen MR) is 88.5 cm³/mol. The fraction of sp³-hybridized carbons (Fsp3) is 0.133. The lowest BCUT2D eigenvalue weighted by Crippen LogP contribution is -2.30. The molecule has 0 spiro atoms. The molecule has 0 radical (unpaired) electrons. The minimum absolute atomic E-state index is 0.0544. The molecule has 0 saturated heterocycles. The van der Waals surface area contributed by atoms with E-state index >= 15 is 0 Å². The van der Waals surface area contributed by atoms with Gasteiger partial charge in [-0.05, 0) is 24.6 Å². The fourth-order valence-electron chi connectivity index (χ4n) is 2.94. The van der Waals surface area contributed by atoms with E-state index in [9.17, 15) is 9.59 Å². The molecular formula is C15H10Cl2N4O3. The number of ether oxygens (including phenoxy) is 1. The Bertz CT molecular complexity index is 1080. The van der Waals surface area contributed by atoms with Crippen molar-refractivity contribution in [2.75, 3.05) is 0 Å². The third-order valence-electron chi connectivity index (χ3n) is 3.95. The molecule has 3 heterocycles. The van der Waals surface area contributed by atoms with Crippen LogP contribution in [-0.4, -0.2) is 20.2 Å². The number of fused-ring (bicyclic) bond motifs is 2. The highest BCUT2D eigenvalue weighted by Crippen LogP contribution is 2.46. The second-order valence-electron chi connectivity index (χ2n) is 5.42. The summed E-state index contributed by atoms with van der Waals surface area (Å²) in [5.74, 6) is -0.205. The van der Waals surface area contributed by atoms with E-state index in [1.807, 2.05) is 6.92 Å². The second-order valence-corrected chi connectivity index (χ2v) is 6.26. The van der Waals surface area contributed by atoms with Crippen LogP contribution in [0.15, 0.2) is 27.8 Å². The first kappa shape index (κ1) is 15.0. The largest absolute Gasteiger partial charge is 0.420 e. The Balaban J connectivity index is 2.08. The van der Waals surface area contributed by atoms with Crippen LogP contribution in [0.3, 0.4) is 0 Å². The van der Waals surface area contributed by atoms with Crippen LogP contribution < -0.4 is 16.0 Å². The Morgan fingerprint density at radius 1 is 1.17 bits per heavy atom. The molecule has 122 valence electrons. The van der Waals surface area contributed by atoms with Gasteiger partial charge in [0.15, 0.2) is 0 Å². The fourth-order valence-corrected chi connectivity index (χ4v) is 3.46. The molecule has 0 saturated carbocycles. The van der Waals surface area contributed by atoms with E-state index in [0.29, 0.717) is 21.2 Å². The smallest absolute Gasteiger partial charge is 0.328 e. The highest BCUT2D eigenvalue weighted by atomic mass is 35.5. The molecule has 24 heavy (non-hydrogen) atoms. The van der Waals surface area contributed by atoms with Gasteiger partial charge in [-0.2, -0.15) is 0 Å². The van der Waals surface area contributed by atoms with E-state index in [1.54, 1.807) is 18.2 Å². The lowest BCUT2D eigenvalue weighted by Gasteiger charge is -2.25. The quantitative estimate of drug-likeness (QED) is 0.482. The summed E-state index contributed by atoms with van der Waals surface area (Å²) < 4.78 is 5.59. The summed E-state index contributed by atoms with van der Waals surface area (Å²) >= 11 is 12.3. The van der Waals surface area contributed by atoms with Crippen LogP contribution in [0.2, 0.25) is 10.0 Å². The van der Waals surface area contributed by atoms with Gasteiger partial charge >= 0.3 is 5.69 Å². The van der Waals surface area contributed by atoms with Gasteiger partial charge in [0.2, 0.25) is 11.8 Å². The molecule has 1 aliphatic rings. The van der Waals surface area contributed by atoms with Gasteiger partial charge in [-0.3, -0.25) is 19.9 Å². The number of H-pyrrole nitrogens is 3. The topological polar surface area (TPSA) is 104 Å². The predicted octanol–water partition coefficient (Wildman–Crippen LogP) is 2.69. The standard InChI is InChI=1S/C15H10Cl2N4O3/c1-5-9-10(7-3-2-6(16)4-8(7)17)11-12(22)18-15(23)19-13(11)24-14(9)21-20-5/h2-4,10H,1H3,(H,20,21)(H2,18,19,22,23). The maximum atomic E-state index is 12.4. The molecule has 3 N–H and O–H groups in total. The van der Waals surface area contributed by atoms with Crippen molar-refractivity contribution in [1.82, 2.24) is 20.2 Å². The number of hydrogen-bond donors (Lipinski definition) is 3. The lowest BCUT2D eigenvalue weighted by atomic mass is 9.85. The Morgan fingerprint density at radius 3 is 2.71 bits per heavy atom. The molecule has 1 aliphatic heterocycles. The third-order valence-corrected chi connectivity index (χ3v) is 4.51. The average molecular weight is 365 g/mol. The zero-order valence-electron chi connectivity index (χ0n) is 12.2. The molecular weight excluding hydrogens is 355 g/mol. The maximum absolute atomic E-state index is 12.4. The molecule has 0 fully saturated rings. The summed E-state index contributed by atoms with van der Waals surface area (Å²) in [4.78, 5) is 28.7. The van der Waals surface area contributed by atoms with Gasteiger partial charge in [0, 0.05) is 21.3 Å². The van der Waals surface area contributed by atoms with Gasteiger partial charge < -0.3 is 4.74 Å². The summed E-state index contributed by atoms with van der Waals surface area (Å²) in [6.07, 6.45) is 0. The van der Waals surface area contributed by atoms with Gasteiger partial charge in [0.1, 0.15) is 0 Å². The van der Waals surface area contributed by atoms with Gasteiger partial charge in [-0.25, -0.2) is 4.79 Å². The number of nitrogens with one attached hydrogen (secondary N) is 3. The SMILES string of the molecule is Cc1[nH]nc2c1C(c1ccc(Cl)cc1Cl)c1c([nH]c(=O)[nH]c1=O)O2. The minimum Gasteiger partial charge on any atom is -0.420 e. The summed E-state index contributed by atoms with van der Waals surface area (Å²) in [6.45, 7) is 1.82. The zero-order chi connectivity index (χ0) is 17.0. The first-order valence-corrected chi connectivity index (χ1v) is 7.75. The van der Waals surface area contributed by atoms with E-state index in [0.717, 1.165) is 5.69 Å². The van der Waals surface area contributed by atoms with Crippen molar-refractivity contribution in [3.05, 3.63) is 71.5 Å². The Kier molecular flexibility index (Phi) is 3.29. The van der Waals surface area contributed by atoms with Gasteiger partial charge in [-0.15, -0.1) is 5.10 Å². The Labute approximate surface area is 144 Å². The van der Waals surface area contributed by atoms with E-state index in [4.69, 9.17) is 27.9 Å². The first-order chi connectivity index (χ1) is 11.5. The molecule has 0 aliphatic carbocycles. The zero-order valence-corrected chi connectivity index (χ0v) is 13.7. The highest BCUT2D eigenvalue weighted by molar-refractivity contribution is 6.35. The van der Waals surface area contributed by atoms with Crippen LogP contribution in [-0.2, 0) is 0 Å². The maximum Gasteiger partial charge on any atom is 0.328 e. The average Bonchev–Trinajstić information content (AvgIpc) is 2.86. The van der Waals surface area contributed by atoms with E-state index in [-0.39, 0.29) is 17.3 Å². The summed E-state index contributed by atoms with van der Waals surface area (Å²) in [7, 11) is 0. The van der Waals surface area contributed by atoms with E-state index in [1.165, 1.54) is 0 Å². The Hall–Kier alpha value is -2.51. The third kappa shape index (κ3) is 2.16. The number of benzene rings is 1. The molecule has 3 aromatic rings. The number of rotatable bonds is 1. The molecule has 0 amide bonds. The van der Waals surface area contributed by atoms with Gasteiger partial charge in [-0.1, -0.05) is 29.3 Å². The number of nitrogens with zero attached hydrogens (tertiary/aromatic N) is 1. The summed E-state index contributed by atoms with van der Waals surface area (Å²) in [5.41, 5.74) is 1.14. The highest BCUT2D eigenvalue weighted by Gasteiger charge is 2.36. The number of halogens is 2. The lowest BCUT2D eigenvalue weighted by molar-refractivity contribution is 0.412. The van der Waals surface area contributed by atoms with Crippen molar-refractivity contribution in [2.45, 2.75) is 12.8 Å². The minimum atomic E-state index is -0.657. The molecule has 1 atom stereocenters. The van der Waals surface area contributed by atoms with E-state index in [2.05, 4.69) is 20.2 Å². The molecule has 1 unspecified atom stereocenters. The monoisotopic (exact) mass is 364 g/mol. The van der Waals surface area contributed by atoms with Gasteiger partial charge in [0.05, 0.1) is 11.5 Å². The van der Waals surface area contributed by atoms with Crippen LogP contribution >= 0.6 is 23.2 Å². The molecule has 7 nitrogen and oxygen atoms in total. The normalized spacial score (nSPS) is 15.5. The molecule has 0 bridgehead atoms. The second kappa shape index (κ2) is 5.25. The van der Waals surface area contributed by atoms with E-state index < -0.39 is 17.2 Å². The van der Waals surface area contributed by atoms with Crippen LogP contribution in [0.4, 0.5) is 0 Å². The number of aryl methyl sites for hydroxylation is 1. The number of aromatic amines is 3.